The van der Waals surface area contributed by atoms with Crippen LogP contribution in [-0.4, -0.2) is 282 Å². The Labute approximate surface area is 573 Å². The number of aliphatic hydroxyl groups is 1. The van der Waals surface area contributed by atoms with Crippen molar-refractivity contribution in [3.8, 4) is 0 Å². The standard InChI is InChI=1S/C70H124N12O14/c1-26-28-29-45(13)58(83)57-69(94)75(19)50(27-2)64(89)74(18)49(17)63(88)80(24)56(46(14)39-82-32-30-70(31-33-82)95-34-35-96-70)61(86)73-54(43(9)10)67(92)76(20)51(36-40(3)4)60(85)71-47(15)59(84)72-48(16)62(87)77(21)52(37-41(5)6)65(90)78(22)53(38-42(7)8)66(91)79(23)55(44(11)12)68(93)81(57)25/h26,28,40-58,83H,27,29-39H2,1-25H3,(H,71,85)(H,72,84)(H,73,86)/b28-26+/t45-,46-,47+,48-,49-,50+,51+,52+,53+,54+,55+,56+,57+,58-/m1/s1. The number of nitrogens with one attached hydrogen (secondary N) is 3. The van der Waals surface area contributed by atoms with Gasteiger partial charge in [-0.05, 0) is 101 Å². The molecular formula is C70H124N12O14. The van der Waals surface area contributed by atoms with E-state index in [9.17, 15) is 19.5 Å². The second kappa shape index (κ2) is 37.1. The smallest absolute Gasteiger partial charge is 0.248 e. The summed E-state index contributed by atoms with van der Waals surface area (Å²) in [6.07, 6.45) is 4.00. The third kappa shape index (κ3) is 21.1. The Hall–Kier alpha value is -6.25. The van der Waals surface area contributed by atoms with E-state index < -0.39 is 167 Å². The SMILES string of the molecule is C/C=C/C[C@@H](C)[C@@H](O)[C@H]1C(=O)N(C)[C@@H](CC)C(=O)N(C)[C@H](C)C(=O)N(C)[C@@H]([C@H](C)CN2CCC3(CC2)OCCO3)C(=O)N[C@@H](C(C)C)C(=O)N(C)[C@@H](CC(C)C)C(=O)N[C@@H](C)C(=O)N[C@H](C)C(=O)N(C)[C@@H](CC(C)C)C(=O)N(C)[C@@H](CC(C)C)C(=O)N(C)[C@@H](C(C)C)C(=O)N1C. The van der Waals surface area contributed by atoms with E-state index >= 15 is 38.4 Å². The van der Waals surface area contributed by atoms with Crippen LogP contribution in [0, 0.1) is 41.4 Å². The molecule has 0 aromatic rings. The maximum Gasteiger partial charge on any atom is 0.248 e. The van der Waals surface area contributed by atoms with E-state index in [-0.39, 0.29) is 43.4 Å². The maximum atomic E-state index is 15.4. The second-order valence-corrected chi connectivity index (χ2v) is 29.6. The van der Waals surface area contributed by atoms with Gasteiger partial charge in [0.1, 0.15) is 66.5 Å². The molecule has 0 radical (unpaired) electrons. The maximum absolute atomic E-state index is 15.4. The molecule has 3 rings (SSSR count). The van der Waals surface area contributed by atoms with Crippen LogP contribution in [0.15, 0.2) is 12.2 Å². The molecule has 4 N–H and O–H groups in total. The summed E-state index contributed by atoms with van der Waals surface area (Å²) in [5.74, 6) is -11.0. The van der Waals surface area contributed by atoms with E-state index in [4.69, 9.17) is 9.47 Å². The molecule has 96 heavy (non-hydrogen) atoms. The molecule has 26 heteroatoms. The van der Waals surface area contributed by atoms with Crippen molar-refractivity contribution >= 4 is 65.0 Å². The molecular weight excluding hydrogens is 1230 g/mol. The topological polar surface area (TPSA) is 292 Å². The molecule has 3 aliphatic heterocycles. The molecule has 0 aromatic heterocycles. The number of allylic oxidation sites excluding steroid dienone is 2. The van der Waals surface area contributed by atoms with Crippen LogP contribution in [0.3, 0.4) is 0 Å². The number of amides is 11. The fourth-order valence-corrected chi connectivity index (χ4v) is 13.5. The number of piperidine rings is 1. The van der Waals surface area contributed by atoms with Gasteiger partial charge in [0, 0.05) is 88.9 Å². The lowest BCUT2D eigenvalue weighted by atomic mass is 9.91. The predicted molar refractivity (Wildman–Crippen MR) is 368 cm³/mol. The zero-order valence-corrected chi connectivity index (χ0v) is 62.9. The molecule has 0 saturated carbocycles. The Balaban J connectivity index is 2.37. The number of ether oxygens (including phenoxy) is 2. The second-order valence-electron chi connectivity index (χ2n) is 29.6. The Bertz CT molecular complexity index is 2690. The van der Waals surface area contributed by atoms with Gasteiger partial charge in [-0.3, -0.25) is 52.7 Å². The number of likely N-dealkylation sites (tertiary alicyclic amines) is 1. The van der Waals surface area contributed by atoms with Gasteiger partial charge in [-0.1, -0.05) is 102 Å². The van der Waals surface area contributed by atoms with Gasteiger partial charge in [0.2, 0.25) is 65.0 Å². The molecule has 548 valence electrons. The fourth-order valence-electron chi connectivity index (χ4n) is 13.5. The quantitative estimate of drug-likeness (QED) is 0.161. The van der Waals surface area contributed by atoms with Crippen LogP contribution in [0.25, 0.3) is 0 Å². The van der Waals surface area contributed by atoms with Crippen molar-refractivity contribution < 1.29 is 67.3 Å². The largest absolute Gasteiger partial charge is 0.390 e. The lowest BCUT2D eigenvalue weighted by Crippen LogP contribution is -2.64. The third-order valence-electron chi connectivity index (χ3n) is 19.8. The highest BCUT2D eigenvalue weighted by molar-refractivity contribution is 6.00. The summed E-state index contributed by atoms with van der Waals surface area (Å²) in [6, 6.07) is -13.9. The molecule has 0 aromatic carbocycles. The van der Waals surface area contributed by atoms with Crippen LogP contribution in [0.5, 0.6) is 0 Å². The molecule has 3 fully saturated rings. The zero-order valence-electron chi connectivity index (χ0n) is 62.9. The van der Waals surface area contributed by atoms with Crippen molar-refractivity contribution in [2.75, 3.05) is 89.2 Å². The Morgan fingerprint density at radius 3 is 1.39 bits per heavy atom. The first-order valence-corrected chi connectivity index (χ1v) is 34.9. The first-order valence-electron chi connectivity index (χ1n) is 34.9. The summed E-state index contributed by atoms with van der Waals surface area (Å²) < 4.78 is 12.0. The lowest BCUT2D eigenvalue weighted by Gasteiger charge is -2.43. The Morgan fingerprint density at radius 1 is 0.479 bits per heavy atom. The molecule has 14 atom stereocenters. The van der Waals surface area contributed by atoms with E-state index in [0.717, 1.165) is 4.90 Å². The van der Waals surface area contributed by atoms with E-state index in [1.54, 1.807) is 47.6 Å². The van der Waals surface area contributed by atoms with E-state index in [0.29, 0.717) is 52.1 Å². The fraction of sp³-hybridized carbons (Fsp3) is 0.814. The minimum atomic E-state index is -1.62. The van der Waals surface area contributed by atoms with Crippen molar-refractivity contribution in [2.24, 2.45) is 41.4 Å². The minimum absolute atomic E-state index is 0.0230. The van der Waals surface area contributed by atoms with Gasteiger partial charge in [-0.15, -0.1) is 0 Å². The van der Waals surface area contributed by atoms with Crippen molar-refractivity contribution in [1.29, 1.82) is 0 Å². The van der Waals surface area contributed by atoms with Crippen LogP contribution in [0.4, 0.5) is 0 Å². The number of hydrogen-bond donors (Lipinski definition) is 4. The van der Waals surface area contributed by atoms with Gasteiger partial charge in [0.05, 0.1) is 19.3 Å². The summed E-state index contributed by atoms with van der Waals surface area (Å²) >= 11 is 0. The first kappa shape index (κ1) is 84.0. The average molecular weight is 1360 g/mol. The lowest BCUT2D eigenvalue weighted by molar-refractivity contribution is -0.186. The minimum Gasteiger partial charge on any atom is -0.390 e. The summed E-state index contributed by atoms with van der Waals surface area (Å²) in [5, 5.41) is 20.8. The van der Waals surface area contributed by atoms with E-state index in [1.165, 1.54) is 111 Å². The highest BCUT2D eigenvalue weighted by Gasteiger charge is 2.48. The van der Waals surface area contributed by atoms with Crippen LogP contribution >= 0.6 is 0 Å². The van der Waals surface area contributed by atoms with Gasteiger partial charge in [-0.2, -0.15) is 0 Å². The molecule has 26 nitrogen and oxygen atoms in total. The average Bonchev–Trinajstić information content (AvgIpc) is 0.880. The number of hydrogen-bond acceptors (Lipinski definition) is 15. The molecule has 1 spiro atoms. The van der Waals surface area contributed by atoms with Crippen molar-refractivity contribution in [1.82, 2.24) is 60.0 Å². The first-order chi connectivity index (χ1) is 44.6. The van der Waals surface area contributed by atoms with Crippen molar-refractivity contribution in [3.63, 3.8) is 0 Å². The molecule has 3 heterocycles. The normalized spacial score (nSPS) is 28.8. The third-order valence-corrected chi connectivity index (χ3v) is 19.8. The predicted octanol–water partition coefficient (Wildman–Crippen LogP) is 3.43. The molecule has 3 aliphatic rings. The van der Waals surface area contributed by atoms with E-state index in [1.807, 2.05) is 61.5 Å². The highest BCUT2D eigenvalue weighted by Crippen LogP contribution is 2.33. The molecule has 0 aliphatic carbocycles. The van der Waals surface area contributed by atoms with Crippen LogP contribution in [0.2, 0.25) is 0 Å². The number of carbonyl (C=O) groups excluding carboxylic acids is 11. The molecule has 3 saturated heterocycles. The van der Waals surface area contributed by atoms with Crippen LogP contribution < -0.4 is 16.0 Å². The summed E-state index contributed by atoms with van der Waals surface area (Å²) in [4.78, 5) is 177. The molecule has 0 unspecified atom stereocenters. The Kier molecular flexibility index (Phi) is 32.4. The summed E-state index contributed by atoms with van der Waals surface area (Å²) in [7, 11) is 11.5. The number of rotatable bonds is 16. The molecule has 11 amide bonds. The van der Waals surface area contributed by atoms with Gasteiger partial charge >= 0.3 is 0 Å². The van der Waals surface area contributed by atoms with Gasteiger partial charge in [-0.25, -0.2) is 0 Å². The van der Waals surface area contributed by atoms with Gasteiger partial charge in [0.15, 0.2) is 5.79 Å². The number of likely N-dealkylation sites (N-methyl/N-ethyl adjacent to an activating group) is 8. The van der Waals surface area contributed by atoms with E-state index in [2.05, 4.69) is 20.9 Å². The van der Waals surface area contributed by atoms with Crippen LogP contribution in [-0.2, 0) is 62.2 Å². The Morgan fingerprint density at radius 2 is 0.906 bits per heavy atom. The zero-order chi connectivity index (χ0) is 73.5. The van der Waals surface area contributed by atoms with Crippen LogP contribution in [0.1, 0.15) is 163 Å². The summed E-state index contributed by atoms with van der Waals surface area (Å²) in [6.45, 7) is 32.1. The van der Waals surface area contributed by atoms with Gasteiger partial charge in [0.25, 0.3) is 0 Å². The number of carbonyl (C=O) groups is 11. The van der Waals surface area contributed by atoms with Crippen molar-refractivity contribution in [3.05, 3.63) is 12.2 Å². The van der Waals surface area contributed by atoms with Crippen molar-refractivity contribution in [2.45, 2.75) is 241 Å². The monoisotopic (exact) mass is 1360 g/mol. The molecule has 0 bridgehead atoms. The highest BCUT2D eigenvalue weighted by atomic mass is 16.7. The summed E-state index contributed by atoms with van der Waals surface area (Å²) in [5.41, 5.74) is 0. The number of nitrogens with zero attached hydrogens (tertiary/aromatic N) is 9. The number of aliphatic hydroxyl groups excluding tert-OH is 1. The van der Waals surface area contributed by atoms with Gasteiger partial charge < -0.3 is 74.6 Å².